The lowest BCUT2D eigenvalue weighted by Crippen LogP contribution is -2.54. The van der Waals surface area contributed by atoms with Crippen molar-refractivity contribution in [1.82, 2.24) is 5.32 Å². The number of nitrogens with one attached hydrogen (secondary N) is 1. The highest BCUT2D eigenvalue weighted by molar-refractivity contribution is 5.86. The summed E-state index contributed by atoms with van der Waals surface area (Å²) in [5.74, 6) is -0.331. The minimum absolute atomic E-state index is 0.150. The minimum atomic E-state index is -0.822. The Hall–Kier alpha value is -1.39. The molecule has 1 amide bonds. The number of ether oxygens (including phenoxy) is 1. The van der Waals surface area contributed by atoms with Gasteiger partial charge in [-0.2, -0.15) is 0 Å². The summed E-state index contributed by atoms with van der Waals surface area (Å²) in [6.45, 7) is 4.49. The van der Waals surface area contributed by atoms with Crippen LogP contribution >= 0.6 is 0 Å². The molecular weight excluding hydrogens is 252 g/mol. The molecule has 1 fully saturated rings. The molecule has 0 heterocycles. The predicted molar refractivity (Wildman–Crippen MR) is 79.2 cm³/mol. The van der Waals surface area contributed by atoms with Gasteiger partial charge in [0, 0.05) is 19.1 Å². The van der Waals surface area contributed by atoms with Crippen LogP contribution in [-0.2, 0) is 15.1 Å². The Labute approximate surface area is 120 Å². The van der Waals surface area contributed by atoms with Gasteiger partial charge in [0.25, 0.3) is 0 Å². The molecule has 0 saturated heterocycles. The Balaban J connectivity index is 2.21. The van der Waals surface area contributed by atoms with E-state index in [4.69, 9.17) is 10.5 Å². The summed E-state index contributed by atoms with van der Waals surface area (Å²) in [6.07, 6.45) is 2.91. The lowest BCUT2D eigenvalue weighted by Gasteiger charge is -2.33. The highest BCUT2D eigenvalue weighted by Crippen LogP contribution is 2.31. The number of hydrogen-bond acceptors (Lipinski definition) is 3. The van der Waals surface area contributed by atoms with Gasteiger partial charge in [-0.15, -0.1) is 0 Å². The number of primary amides is 1. The summed E-state index contributed by atoms with van der Waals surface area (Å²) < 4.78 is 5.62. The van der Waals surface area contributed by atoms with Crippen LogP contribution in [0.1, 0.15) is 38.7 Å². The van der Waals surface area contributed by atoms with E-state index < -0.39 is 5.54 Å². The smallest absolute Gasteiger partial charge is 0.242 e. The molecule has 20 heavy (non-hydrogen) atoms. The zero-order valence-corrected chi connectivity index (χ0v) is 12.3. The predicted octanol–water partition coefficient (Wildman–Crippen LogP) is 1.93. The van der Waals surface area contributed by atoms with Crippen molar-refractivity contribution in [3.8, 4) is 0 Å². The lowest BCUT2D eigenvalue weighted by molar-refractivity contribution is -0.126. The number of carbonyl (C=O) groups excluding carboxylic acids is 1. The van der Waals surface area contributed by atoms with Gasteiger partial charge in [-0.25, -0.2) is 0 Å². The van der Waals surface area contributed by atoms with Crippen LogP contribution in [0, 0.1) is 0 Å². The Morgan fingerprint density at radius 3 is 2.55 bits per heavy atom. The van der Waals surface area contributed by atoms with E-state index in [1.54, 1.807) is 0 Å². The summed E-state index contributed by atoms with van der Waals surface area (Å²) >= 11 is 0. The molecule has 1 unspecified atom stereocenters. The molecule has 4 heteroatoms. The first kappa shape index (κ1) is 15.0. The lowest BCUT2D eigenvalue weighted by atomic mass is 9.85. The number of rotatable bonds is 8. The van der Waals surface area contributed by atoms with Crippen molar-refractivity contribution in [2.75, 3.05) is 6.61 Å². The van der Waals surface area contributed by atoms with E-state index in [1.807, 2.05) is 44.2 Å². The molecule has 0 aliphatic heterocycles. The molecule has 4 nitrogen and oxygen atoms in total. The van der Waals surface area contributed by atoms with Crippen molar-refractivity contribution in [2.24, 2.45) is 5.73 Å². The van der Waals surface area contributed by atoms with Gasteiger partial charge in [0.1, 0.15) is 5.54 Å². The molecule has 110 valence electrons. The van der Waals surface area contributed by atoms with Gasteiger partial charge in [-0.05, 0) is 32.3 Å². The van der Waals surface area contributed by atoms with Crippen molar-refractivity contribution < 1.29 is 9.53 Å². The molecule has 0 aromatic heterocycles. The first-order valence-electron chi connectivity index (χ1n) is 7.29. The third-order valence-electron chi connectivity index (χ3n) is 3.64. The van der Waals surface area contributed by atoms with Crippen LogP contribution in [0.5, 0.6) is 0 Å². The van der Waals surface area contributed by atoms with E-state index in [0.717, 1.165) is 18.4 Å². The zero-order valence-electron chi connectivity index (χ0n) is 12.3. The Kier molecular flexibility index (Phi) is 4.78. The summed E-state index contributed by atoms with van der Waals surface area (Å²) in [7, 11) is 0. The Morgan fingerprint density at radius 2 is 2.05 bits per heavy atom. The molecule has 1 aliphatic carbocycles. The first-order valence-corrected chi connectivity index (χ1v) is 7.29. The number of carbonyl (C=O) groups is 1. The number of amides is 1. The van der Waals surface area contributed by atoms with Gasteiger partial charge in [0.05, 0.1) is 6.10 Å². The summed E-state index contributed by atoms with van der Waals surface area (Å²) in [5.41, 5.74) is 5.84. The number of hydrogen-bond donors (Lipinski definition) is 2. The van der Waals surface area contributed by atoms with Gasteiger partial charge in [0.15, 0.2) is 0 Å². The molecule has 1 atom stereocenters. The van der Waals surface area contributed by atoms with Crippen molar-refractivity contribution in [1.29, 1.82) is 0 Å². The van der Waals surface area contributed by atoms with Crippen molar-refractivity contribution in [3.63, 3.8) is 0 Å². The van der Waals surface area contributed by atoms with Crippen molar-refractivity contribution >= 4 is 5.91 Å². The van der Waals surface area contributed by atoms with Crippen LogP contribution in [0.4, 0.5) is 0 Å². The summed E-state index contributed by atoms with van der Waals surface area (Å²) in [6, 6.07) is 10.1. The van der Waals surface area contributed by atoms with Crippen molar-refractivity contribution in [3.05, 3.63) is 35.9 Å². The average Bonchev–Trinajstić information content (AvgIpc) is 3.21. The third-order valence-corrected chi connectivity index (χ3v) is 3.64. The van der Waals surface area contributed by atoms with E-state index in [0.29, 0.717) is 19.1 Å². The van der Waals surface area contributed by atoms with Gasteiger partial charge in [0.2, 0.25) is 5.91 Å². The van der Waals surface area contributed by atoms with E-state index in [1.165, 1.54) is 0 Å². The summed E-state index contributed by atoms with van der Waals surface area (Å²) in [4.78, 5) is 12.2. The maximum Gasteiger partial charge on any atom is 0.242 e. The maximum atomic E-state index is 12.2. The largest absolute Gasteiger partial charge is 0.379 e. The maximum absolute atomic E-state index is 12.2. The van der Waals surface area contributed by atoms with Gasteiger partial charge in [-0.1, -0.05) is 30.3 Å². The molecule has 3 N–H and O–H groups in total. The second-order valence-corrected chi connectivity index (χ2v) is 5.72. The molecule has 1 aromatic rings. The van der Waals surface area contributed by atoms with Crippen molar-refractivity contribution in [2.45, 2.75) is 50.8 Å². The molecule has 0 radical (unpaired) electrons. The first-order chi connectivity index (χ1) is 9.54. The van der Waals surface area contributed by atoms with Crippen LogP contribution in [0.25, 0.3) is 0 Å². The second kappa shape index (κ2) is 6.37. The minimum Gasteiger partial charge on any atom is -0.379 e. The highest BCUT2D eigenvalue weighted by Gasteiger charge is 2.42. The van der Waals surface area contributed by atoms with E-state index in [2.05, 4.69) is 5.32 Å². The molecule has 0 bridgehead atoms. The summed E-state index contributed by atoms with van der Waals surface area (Å²) in [5, 5.41) is 3.44. The molecule has 0 spiro atoms. The number of nitrogens with two attached hydrogens (primary N) is 1. The SMILES string of the molecule is CC(C)OCCC(NC1CC1)(C(N)=O)c1ccccc1. The van der Waals surface area contributed by atoms with E-state index in [9.17, 15) is 4.79 Å². The average molecular weight is 276 g/mol. The van der Waals surface area contributed by atoms with Crippen LogP contribution in [-0.4, -0.2) is 24.7 Å². The fourth-order valence-corrected chi connectivity index (χ4v) is 2.38. The zero-order chi connectivity index (χ0) is 14.6. The van der Waals surface area contributed by atoms with Crippen LogP contribution in [0.15, 0.2) is 30.3 Å². The molecular formula is C16H24N2O2. The molecule has 1 aliphatic rings. The highest BCUT2D eigenvalue weighted by atomic mass is 16.5. The third kappa shape index (κ3) is 3.58. The Bertz CT molecular complexity index is 443. The molecule has 1 saturated carbocycles. The standard InChI is InChI=1S/C16H24N2O2/c1-12(2)20-11-10-16(15(17)19,18-14-8-9-14)13-6-4-3-5-7-13/h3-7,12,14,18H,8-11H2,1-2H3,(H2,17,19). The van der Waals surface area contributed by atoms with Gasteiger partial charge >= 0.3 is 0 Å². The van der Waals surface area contributed by atoms with Gasteiger partial charge < -0.3 is 10.5 Å². The normalized spacial score (nSPS) is 17.9. The quantitative estimate of drug-likeness (QED) is 0.762. The van der Waals surface area contributed by atoms with Gasteiger partial charge in [-0.3, -0.25) is 10.1 Å². The molecule has 2 rings (SSSR count). The second-order valence-electron chi connectivity index (χ2n) is 5.72. The monoisotopic (exact) mass is 276 g/mol. The molecule has 1 aromatic carbocycles. The number of benzene rings is 1. The fourth-order valence-electron chi connectivity index (χ4n) is 2.38. The van der Waals surface area contributed by atoms with Crippen LogP contribution in [0.3, 0.4) is 0 Å². The fraction of sp³-hybridized carbons (Fsp3) is 0.562. The topological polar surface area (TPSA) is 64.3 Å². The van der Waals surface area contributed by atoms with Crippen LogP contribution < -0.4 is 11.1 Å². The van der Waals surface area contributed by atoms with E-state index >= 15 is 0 Å². The van der Waals surface area contributed by atoms with Crippen LogP contribution in [0.2, 0.25) is 0 Å². The Morgan fingerprint density at radius 1 is 1.40 bits per heavy atom. The van der Waals surface area contributed by atoms with E-state index in [-0.39, 0.29) is 12.0 Å².